The van der Waals surface area contributed by atoms with Crippen LogP contribution in [0.25, 0.3) is 0 Å². The van der Waals surface area contributed by atoms with E-state index in [1.54, 1.807) is 0 Å². The maximum absolute atomic E-state index is 10.5. The first-order valence-electron chi connectivity index (χ1n) is 5.57. The molecular formula is C11H22O3. The Morgan fingerprint density at radius 1 is 1.07 bits per heavy atom. The third-order valence-corrected chi connectivity index (χ3v) is 2.14. The van der Waals surface area contributed by atoms with E-state index < -0.39 is 12.6 Å². The van der Waals surface area contributed by atoms with E-state index in [4.69, 9.17) is 9.84 Å². The number of ether oxygens (including phenoxy) is 1. The lowest BCUT2D eigenvalue weighted by molar-refractivity contribution is -0.147. The molecule has 0 saturated heterocycles. The third-order valence-electron chi connectivity index (χ3n) is 2.14. The van der Waals surface area contributed by atoms with Crippen LogP contribution >= 0.6 is 0 Å². The number of rotatable bonds is 9. The van der Waals surface area contributed by atoms with Crippen LogP contribution in [0.15, 0.2) is 0 Å². The molecule has 0 amide bonds. The highest BCUT2D eigenvalue weighted by atomic mass is 16.5. The topological polar surface area (TPSA) is 46.5 Å². The number of hydrogen-bond donors (Lipinski definition) is 1. The molecule has 3 nitrogen and oxygen atoms in total. The number of carbonyl (C=O) groups excluding carboxylic acids is 1. The lowest BCUT2D eigenvalue weighted by atomic mass is 10.1. The molecule has 14 heavy (non-hydrogen) atoms. The highest BCUT2D eigenvalue weighted by molar-refractivity contribution is 5.70. The fourth-order valence-electron chi connectivity index (χ4n) is 1.29. The molecule has 0 spiro atoms. The molecule has 0 saturated carbocycles. The Bertz CT molecular complexity index is 134. The molecule has 0 rings (SSSR count). The number of esters is 1. The molecule has 84 valence electrons. The molecule has 0 unspecified atom stereocenters. The zero-order valence-corrected chi connectivity index (χ0v) is 9.13. The largest absolute Gasteiger partial charge is 0.464 e. The van der Waals surface area contributed by atoms with Gasteiger partial charge in [-0.05, 0) is 6.42 Å². The normalized spacial score (nSPS) is 10.1. The van der Waals surface area contributed by atoms with E-state index in [1.165, 1.54) is 32.1 Å². The molecule has 0 aromatic carbocycles. The van der Waals surface area contributed by atoms with Crippen molar-refractivity contribution in [1.29, 1.82) is 0 Å². The minimum Gasteiger partial charge on any atom is -0.464 e. The number of unbranched alkanes of at least 4 members (excludes halogenated alkanes) is 6. The van der Waals surface area contributed by atoms with Gasteiger partial charge in [-0.2, -0.15) is 0 Å². The molecule has 0 heterocycles. The van der Waals surface area contributed by atoms with Gasteiger partial charge in [0, 0.05) is 0 Å². The maximum atomic E-state index is 10.5. The summed E-state index contributed by atoms with van der Waals surface area (Å²) in [5.41, 5.74) is 0. The Labute approximate surface area is 86.5 Å². The predicted molar refractivity (Wildman–Crippen MR) is 56.0 cm³/mol. The van der Waals surface area contributed by atoms with Crippen molar-refractivity contribution in [3.8, 4) is 0 Å². The standard InChI is InChI=1S/C11H22O3/c1-2-3-4-5-6-7-8-9-14-11(13)10-12/h12H,2-10H2,1H3. The van der Waals surface area contributed by atoms with Crippen molar-refractivity contribution in [2.75, 3.05) is 13.2 Å². The van der Waals surface area contributed by atoms with Crippen molar-refractivity contribution < 1.29 is 14.6 Å². The molecule has 1 N–H and O–H groups in total. The second kappa shape index (κ2) is 10.5. The Kier molecular flexibility index (Phi) is 10.1. The minimum atomic E-state index is -0.518. The van der Waals surface area contributed by atoms with E-state index in [0.29, 0.717) is 6.61 Å². The van der Waals surface area contributed by atoms with E-state index in [1.807, 2.05) is 0 Å². The summed E-state index contributed by atoms with van der Waals surface area (Å²) in [4.78, 5) is 10.5. The summed E-state index contributed by atoms with van der Waals surface area (Å²) in [6.45, 7) is 2.15. The van der Waals surface area contributed by atoms with Crippen LogP contribution in [-0.2, 0) is 9.53 Å². The molecule has 0 radical (unpaired) electrons. The quantitative estimate of drug-likeness (QED) is 0.461. The van der Waals surface area contributed by atoms with Gasteiger partial charge in [0.2, 0.25) is 0 Å². The Morgan fingerprint density at radius 3 is 2.21 bits per heavy atom. The van der Waals surface area contributed by atoms with Gasteiger partial charge in [0.15, 0.2) is 0 Å². The van der Waals surface area contributed by atoms with Crippen molar-refractivity contribution >= 4 is 5.97 Å². The smallest absolute Gasteiger partial charge is 0.331 e. The van der Waals surface area contributed by atoms with Gasteiger partial charge in [-0.25, -0.2) is 4.79 Å². The van der Waals surface area contributed by atoms with Gasteiger partial charge in [0.25, 0.3) is 0 Å². The highest BCUT2D eigenvalue weighted by Crippen LogP contribution is 2.06. The summed E-state index contributed by atoms with van der Waals surface area (Å²) in [7, 11) is 0. The number of carbonyl (C=O) groups is 1. The van der Waals surface area contributed by atoms with E-state index in [0.717, 1.165) is 12.8 Å². The fraction of sp³-hybridized carbons (Fsp3) is 0.909. The monoisotopic (exact) mass is 202 g/mol. The maximum Gasteiger partial charge on any atom is 0.331 e. The van der Waals surface area contributed by atoms with Crippen LogP contribution < -0.4 is 0 Å². The summed E-state index contributed by atoms with van der Waals surface area (Å²) in [6.07, 6.45) is 8.43. The Morgan fingerprint density at radius 2 is 1.64 bits per heavy atom. The van der Waals surface area contributed by atoms with Crippen LogP contribution in [-0.4, -0.2) is 24.3 Å². The molecule has 0 aliphatic rings. The van der Waals surface area contributed by atoms with E-state index in [2.05, 4.69) is 6.92 Å². The minimum absolute atomic E-state index is 0.452. The predicted octanol–water partition coefficient (Wildman–Crippen LogP) is 2.27. The second-order valence-corrected chi connectivity index (χ2v) is 3.50. The summed E-state index contributed by atoms with van der Waals surface area (Å²) in [6, 6.07) is 0. The summed E-state index contributed by atoms with van der Waals surface area (Å²) in [5.74, 6) is -0.518. The van der Waals surface area contributed by atoms with Crippen molar-refractivity contribution in [2.24, 2.45) is 0 Å². The Balaban J connectivity index is 2.95. The zero-order valence-electron chi connectivity index (χ0n) is 9.13. The number of aliphatic hydroxyl groups excluding tert-OH is 1. The van der Waals surface area contributed by atoms with Crippen LogP contribution in [0.3, 0.4) is 0 Å². The van der Waals surface area contributed by atoms with E-state index in [-0.39, 0.29) is 0 Å². The molecular weight excluding hydrogens is 180 g/mol. The number of hydrogen-bond acceptors (Lipinski definition) is 3. The van der Waals surface area contributed by atoms with Crippen LogP contribution in [0.2, 0.25) is 0 Å². The molecule has 0 bridgehead atoms. The summed E-state index contributed by atoms with van der Waals surface area (Å²) >= 11 is 0. The van der Waals surface area contributed by atoms with Crippen LogP contribution in [0.5, 0.6) is 0 Å². The average molecular weight is 202 g/mol. The van der Waals surface area contributed by atoms with Crippen molar-refractivity contribution in [3.63, 3.8) is 0 Å². The molecule has 0 atom stereocenters. The van der Waals surface area contributed by atoms with Crippen molar-refractivity contribution in [2.45, 2.75) is 51.9 Å². The molecule has 0 fully saturated rings. The average Bonchev–Trinajstić information content (AvgIpc) is 2.21. The summed E-state index contributed by atoms with van der Waals surface area (Å²) in [5, 5.41) is 8.36. The highest BCUT2D eigenvalue weighted by Gasteiger charge is 1.97. The van der Waals surface area contributed by atoms with E-state index >= 15 is 0 Å². The van der Waals surface area contributed by atoms with Crippen molar-refractivity contribution in [3.05, 3.63) is 0 Å². The molecule has 0 aromatic rings. The first-order chi connectivity index (χ1) is 6.81. The van der Waals surface area contributed by atoms with Gasteiger partial charge in [-0.3, -0.25) is 0 Å². The van der Waals surface area contributed by atoms with Gasteiger partial charge in [0.1, 0.15) is 6.61 Å². The van der Waals surface area contributed by atoms with Gasteiger partial charge < -0.3 is 9.84 Å². The third kappa shape index (κ3) is 9.52. The van der Waals surface area contributed by atoms with Crippen LogP contribution in [0, 0.1) is 0 Å². The van der Waals surface area contributed by atoms with Gasteiger partial charge in [-0.15, -0.1) is 0 Å². The lowest BCUT2D eigenvalue weighted by Gasteiger charge is -2.02. The molecule has 0 aliphatic carbocycles. The second-order valence-electron chi connectivity index (χ2n) is 3.50. The molecule has 0 aliphatic heterocycles. The van der Waals surface area contributed by atoms with Crippen LogP contribution in [0.4, 0.5) is 0 Å². The van der Waals surface area contributed by atoms with Gasteiger partial charge >= 0.3 is 5.97 Å². The fourth-order valence-corrected chi connectivity index (χ4v) is 1.29. The van der Waals surface area contributed by atoms with Gasteiger partial charge in [0.05, 0.1) is 6.61 Å². The molecule has 0 aromatic heterocycles. The Hall–Kier alpha value is -0.570. The molecule has 3 heteroatoms. The zero-order chi connectivity index (χ0) is 10.6. The first-order valence-corrected chi connectivity index (χ1v) is 5.57. The first kappa shape index (κ1) is 13.4. The SMILES string of the molecule is CCCCCCCCCOC(=O)CO. The van der Waals surface area contributed by atoms with Gasteiger partial charge in [-0.1, -0.05) is 45.4 Å². The van der Waals surface area contributed by atoms with Crippen molar-refractivity contribution in [1.82, 2.24) is 0 Å². The van der Waals surface area contributed by atoms with Crippen LogP contribution in [0.1, 0.15) is 51.9 Å². The number of aliphatic hydroxyl groups is 1. The lowest BCUT2D eigenvalue weighted by Crippen LogP contribution is -2.09. The van der Waals surface area contributed by atoms with E-state index in [9.17, 15) is 4.79 Å². The summed E-state index contributed by atoms with van der Waals surface area (Å²) < 4.78 is 4.73.